The first kappa shape index (κ1) is 23.0. The van der Waals surface area contributed by atoms with Gasteiger partial charge in [-0.25, -0.2) is 4.99 Å². The number of hydrogen-bond acceptors (Lipinski definition) is 6. The smallest absolute Gasteiger partial charge is 0.266 e. The van der Waals surface area contributed by atoms with Crippen molar-refractivity contribution in [2.75, 3.05) is 19.8 Å². The summed E-state index contributed by atoms with van der Waals surface area (Å²) in [4.78, 5) is 19.9. The molecule has 3 rings (SSSR count). The highest BCUT2D eigenvalue weighted by molar-refractivity contribution is 8.18. The number of amidine groups is 1. The first-order valence-corrected chi connectivity index (χ1v) is 11.3. The van der Waals surface area contributed by atoms with Crippen molar-refractivity contribution in [1.29, 1.82) is 0 Å². The quantitative estimate of drug-likeness (QED) is 0.500. The first-order valence-electron chi connectivity index (χ1n) is 10.1. The summed E-state index contributed by atoms with van der Waals surface area (Å²) < 4.78 is 10.9. The van der Waals surface area contributed by atoms with Crippen LogP contribution in [0.15, 0.2) is 46.3 Å². The van der Waals surface area contributed by atoms with Crippen LogP contribution in [-0.4, -0.2) is 40.8 Å². The Morgan fingerprint density at radius 3 is 2.48 bits per heavy atom. The molecule has 1 fully saturated rings. The zero-order valence-electron chi connectivity index (χ0n) is 17.7. The standard InChI is InChI=1S/C23H25ClN2O4S/c1-4-11-26-22(28)20(14-15-12-18(24)21(27)19(13-15)30-6-3)31-23(26)25-16-7-9-17(10-8-16)29-5-2/h7-10,12-14,27H,4-6,11H2,1-3H3/b20-14+,25-23?. The fraction of sp³-hybridized carbons (Fsp3) is 0.304. The number of phenols is 1. The molecule has 1 aliphatic rings. The van der Waals surface area contributed by atoms with Gasteiger partial charge in [-0.15, -0.1) is 0 Å². The second-order valence-corrected chi connectivity index (χ2v) is 8.09. The molecule has 0 unspecified atom stereocenters. The highest BCUT2D eigenvalue weighted by Crippen LogP contribution is 2.38. The zero-order chi connectivity index (χ0) is 22.4. The number of hydrogen-bond donors (Lipinski definition) is 1. The lowest BCUT2D eigenvalue weighted by Gasteiger charge is -2.14. The Bertz CT molecular complexity index is 1010. The number of carbonyl (C=O) groups is 1. The Morgan fingerprint density at radius 2 is 1.84 bits per heavy atom. The van der Waals surface area contributed by atoms with Crippen molar-refractivity contribution >= 4 is 46.2 Å². The number of aromatic hydroxyl groups is 1. The maximum absolute atomic E-state index is 13.0. The topological polar surface area (TPSA) is 71.4 Å². The Hall–Kier alpha value is -2.64. The van der Waals surface area contributed by atoms with E-state index in [1.807, 2.05) is 45.0 Å². The minimum Gasteiger partial charge on any atom is -0.503 e. The van der Waals surface area contributed by atoms with Gasteiger partial charge in [0, 0.05) is 6.54 Å². The van der Waals surface area contributed by atoms with Crippen LogP contribution in [-0.2, 0) is 4.79 Å². The predicted octanol–water partition coefficient (Wildman–Crippen LogP) is 5.86. The second-order valence-electron chi connectivity index (χ2n) is 6.67. The molecule has 6 nitrogen and oxygen atoms in total. The van der Waals surface area contributed by atoms with Crippen molar-refractivity contribution in [2.24, 2.45) is 4.99 Å². The van der Waals surface area contributed by atoms with Crippen molar-refractivity contribution in [3.05, 3.63) is 51.9 Å². The average Bonchev–Trinajstić information content (AvgIpc) is 3.02. The van der Waals surface area contributed by atoms with Crippen molar-refractivity contribution in [2.45, 2.75) is 27.2 Å². The van der Waals surface area contributed by atoms with Gasteiger partial charge in [-0.05, 0) is 80.1 Å². The number of nitrogens with zero attached hydrogens (tertiary/aromatic N) is 2. The van der Waals surface area contributed by atoms with Crippen molar-refractivity contribution < 1.29 is 19.4 Å². The van der Waals surface area contributed by atoms with Gasteiger partial charge >= 0.3 is 0 Å². The molecule has 0 spiro atoms. The van der Waals surface area contributed by atoms with E-state index in [4.69, 9.17) is 21.1 Å². The monoisotopic (exact) mass is 460 g/mol. The van der Waals surface area contributed by atoms with Gasteiger partial charge in [0.05, 0.1) is 28.8 Å². The molecule has 0 aromatic heterocycles. The highest BCUT2D eigenvalue weighted by Gasteiger charge is 2.32. The molecule has 1 aliphatic heterocycles. The number of carbonyl (C=O) groups excluding carboxylic acids is 1. The van der Waals surface area contributed by atoms with Crippen LogP contribution in [0.25, 0.3) is 6.08 Å². The van der Waals surface area contributed by atoms with Crippen LogP contribution in [0.2, 0.25) is 5.02 Å². The van der Waals surface area contributed by atoms with Gasteiger partial charge in [-0.3, -0.25) is 9.69 Å². The third-order valence-corrected chi connectivity index (χ3v) is 5.65. The predicted molar refractivity (Wildman–Crippen MR) is 127 cm³/mol. The second kappa shape index (κ2) is 10.6. The number of thioether (sulfide) groups is 1. The van der Waals surface area contributed by atoms with Crippen LogP contribution in [0.4, 0.5) is 5.69 Å². The first-order chi connectivity index (χ1) is 15.0. The maximum atomic E-state index is 13.0. The summed E-state index contributed by atoms with van der Waals surface area (Å²) in [7, 11) is 0. The van der Waals surface area contributed by atoms with E-state index in [-0.39, 0.29) is 22.4 Å². The number of amides is 1. The van der Waals surface area contributed by atoms with Crippen LogP contribution >= 0.6 is 23.4 Å². The van der Waals surface area contributed by atoms with E-state index < -0.39 is 0 Å². The molecule has 1 N–H and O–H groups in total. The normalized spacial score (nSPS) is 16.4. The van der Waals surface area contributed by atoms with Crippen molar-refractivity contribution in [1.82, 2.24) is 4.90 Å². The average molecular weight is 461 g/mol. The Morgan fingerprint density at radius 1 is 1.13 bits per heavy atom. The van der Waals surface area contributed by atoms with Crippen molar-refractivity contribution in [3.8, 4) is 17.2 Å². The van der Waals surface area contributed by atoms with Gasteiger partial charge in [-0.1, -0.05) is 18.5 Å². The SMILES string of the molecule is CCCN1C(=O)/C(=C\c2cc(Cl)c(O)c(OCC)c2)SC1=Nc1ccc(OCC)cc1. The van der Waals surface area contributed by atoms with E-state index in [2.05, 4.69) is 4.99 Å². The fourth-order valence-corrected chi connectivity index (χ4v) is 4.24. The molecular formula is C23H25ClN2O4S. The highest BCUT2D eigenvalue weighted by atomic mass is 35.5. The van der Waals surface area contributed by atoms with Crippen molar-refractivity contribution in [3.63, 3.8) is 0 Å². The number of rotatable bonds is 8. The summed E-state index contributed by atoms with van der Waals surface area (Å²) in [6, 6.07) is 10.7. The summed E-state index contributed by atoms with van der Waals surface area (Å²) in [5.74, 6) is 0.841. The molecular weight excluding hydrogens is 436 g/mol. The van der Waals surface area contributed by atoms with Gasteiger partial charge in [0.2, 0.25) is 0 Å². The summed E-state index contributed by atoms with van der Waals surface area (Å²) >= 11 is 7.44. The lowest BCUT2D eigenvalue weighted by Crippen LogP contribution is -2.29. The van der Waals surface area contributed by atoms with Crippen LogP contribution in [0.1, 0.15) is 32.8 Å². The molecule has 1 saturated heterocycles. The lowest BCUT2D eigenvalue weighted by molar-refractivity contribution is -0.122. The van der Waals surface area contributed by atoms with E-state index in [0.717, 1.165) is 17.9 Å². The third kappa shape index (κ3) is 5.54. The summed E-state index contributed by atoms with van der Waals surface area (Å²) in [5, 5.41) is 10.8. The molecule has 0 saturated carbocycles. The summed E-state index contributed by atoms with van der Waals surface area (Å²) in [6.07, 6.45) is 2.55. The van der Waals surface area contributed by atoms with Gasteiger partial charge < -0.3 is 14.6 Å². The van der Waals surface area contributed by atoms with E-state index in [1.54, 1.807) is 23.1 Å². The molecule has 2 aromatic rings. The van der Waals surface area contributed by atoms with Crippen LogP contribution < -0.4 is 9.47 Å². The maximum Gasteiger partial charge on any atom is 0.266 e. The minimum atomic E-state index is -0.112. The molecule has 0 bridgehead atoms. The molecule has 164 valence electrons. The number of ether oxygens (including phenoxy) is 2. The van der Waals surface area contributed by atoms with Crippen LogP contribution in [0.3, 0.4) is 0 Å². The number of phenolic OH excluding ortho intramolecular Hbond substituents is 1. The zero-order valence-corrected chi connectivity index (χ0v) is 19.3. The summed E-state index contributed by atoms with van der Waals surface area (Å²) in [5.41, 5.74) is 1.41. The van der Waals surface area contributed by atoms with Gasteiger partial charge in [-0.2, -0.15) is 0 Å². The molecule has 2 aromatic carbocycles. The van der Waals surface area contributed by atoms with Crippen LogP contribution in [0.5, 0.6) is 17.2 Å². The minimum absolute atomic E-state index is 0.110. The molecule has 0 atom stereocenters. The van der Waals surface area contributed by atoms with E-state index in [0.29, 0.717) is 35.4 Å². The van der Waals surface area contributed by atoms with E-state index in [1.165, 1.54) is 11.8 Å². The Kier molecular flexibility index (Phi) is 7.87. The molecule has 0 aliphatic carbocycles. The lowest BCUT2D eigenvalue weighted by atomic mass is 10.2. The van der Waals surface area contributed by atoms with Gasteiger partial charge in [0.15, 0.2) is 16.7 Å². The number of halogens is 1. The molecule has 0 radical (unpaired) electrons. The number of aliphatic imine (C=N–C) groups is 1. The third-order valence-electron chi connectivity index (χ3n) is 4.36. The molecule has 1 heterocycles. The molecule has 1 amide bonds. The van der Waals surface area contributed by atoms with Crippen LogP contribution in [0, 0.1) is 0 Å². The van der Waals surface area contributed by atoms with Gasteiger partial charge in [0.25, 0.3) is 5.91 Å². The molecule has 31 heavy (non-hydrogen) atoms. The fourth-order valence-electron chi connectivity index (χ4n) is 3.00. The van der Waals surface area contributed by atoms with E-state index >= 15 is 0 Å². The summed E-state index contributed by atoms with van der Waals surface area (Å²) in [6.45, 7) is 7.33. The van der Waals surface area contributed by atoms with Gasteiger partial charge in [0.1, 0.15) is 5.75 Å². The largest absolute Gasteiger partial charge is 0.503 e. The number of benzene rings is 2. The van der Waals surface area contributed by atoms with E-state index in [9.17, 15) is 9.90 Å². The Labute approximate surface area is 191 Å². The molecule has 8 heteroatoms. The Balaban J connectivity index is 1.92.